The van der Waals surface area contributed by atoms with Crippen molar-refractivity contribution in [1.29, 1.82) is 0 Å². The van der Waals surface area contributed by atoms with Crippen molar-refractivity contribution in [3.8, 4) is 17.1 Å². The first-order valence-electron chi connectivity index (χ1n) is 7.21. The van der Waals surface area contributed by atoms with Gasteiger partial charge in [-0.15, -0.1) is 0 Å². The molecule has 0 atom stereocenters. The summed E-state index contributed by atoms with van der Waals surface area (Å²) in [6.45, 7) is 0. The van der Waals surface area contributed by atoms with E-state index in [1.54, 1.807) is 12.1 Å². The fraction of sp³-hybridized carbons (Fsp3) is 0. The van der Waals surface area contributed by atoms with Crippen molar-refractivity contribution in [1.82, 2.24) is 5.43 Å². The molecule has 0 bridgehead atoms. The van der Waals surface area contributed by atoms with E-state index in [0.29, 0.717) is 0 Å². The largest absolute Gasteiger partial charge is 0.507 e. The summed E-state index contributed by atoms with van der Waals surface area (Å²) in [5.74, 6) is -1.72. The number of furan rings is 1. The van der Waals surface area contributed by atoms with Gasteiger partial charge in [-0.1, -0.05) is 12.1 Å². The van der Waals surface area contributed by atoms with E-state index in [9.17, 15) is 18.7 Å². The second kappa shape index (κ2) is 6.96. The van der Waals surface area contributed by atoms with Crippen LogP contribution >= 0.6 is 0 Å². The summed E-state index contributed by atoms with van der Waals surface area (Å²) in [4.78, 5) is 11.9. The van der Waals surface area contributed by atoms with Crippen molar-refractivity contribution in [3.05, 3.63) is 77.6 Å². The number of hydrogen-bond acceptors (Lipinski definition) is 4. The first kappa shape index (κ1) is 16.4. The Bertz CT molecular complexity index is 951. The minimum atomic E-state index is -0.745. The van der Waals surface area contributed by atoms with Crippen LogP contribution in [0, 0.1) is 11.6 Å². The fourth-order valence-corrected chi connectivity index (χ4v) is 2.14. The zero-order valence-electron chi connectivity index (χ0n) is 12.7. The third kappa shape index (κ3) is 3.72. The molecule has 1 heterocycles. The minimum Gasteiger partial charge on any atom is -0.507 e. The van der Waals surface area contributed by atoms with Crippen molar-refractivity contribution >= 4 is 12.1 Å². The van der Waals surface area contributed by atoms with Crippen LogP contribution in [0.2, 0.25) is 0 Å². The van der Waals surface area contributed by atoms with Crippen molar-refractivity contribution < 1.29 is 23.1 Å². The molecule has 2 N–H and O–H groups in total. The molecule has 0 aliphatic carbocycles. The normalized spacial score (nSPS) is 11.0. The van der Waals surface area contributed by atoms with Gasteiger partial charge in [-0.05, 0) is 36.4 Å². The van der Waals surface area contributed by atoms with E-state index < -0.39 is 17.5 Å². The summed E-state index contributed by atoms with van der Waals surface area (Å²) in [5, 5.41) is 13.3. The molecule has 0 radical (unpaired) electrons. The molecule has 3 rings (SSSR count). The van der Waals surface area contributed by atoms with Crippen LogP contribution in [0.15, 0.2) is 64.1 Å². The number of para-hydroxylation sites is 1. The zero-order chi connectivity index (χ0) is 17.8. The number of nitrogens with one attached hydrogen (secondary N) is 1. The number of amides is 1. The third-order valence-electron chi connectivity index (χ3n) is 3.33. The highest BCUT2D eigenvalue weighted by Gasteiger charge is 2.11. The van der Waals surface area contributed by atoms with Gasteiger partial charge in [0.2, 0.25) is 0 Å². The Hall–Kier alpha value is -3.48. The SMILES string of the molecule is O=C(N/N=C/c1ccc(-c2ccc(F)cc2F)o1)c1ccccc1O. The highest BCUT2D eigenvalue weighted by molar-refractivity contribution is 5.97. The van der Waals surface area contributed by atoms with Gasteiger partial charge >= 0.3 is 0 Å². The lowest BCUT2D eigenvalue weighted by atomic mass is 10.1. The molecule has 0 aliphatic rings. The first-order valence-corrected chi connectivity index (χ1v) is 7.21. The number of halogens is 2. The van der Waals surface area contributed by atoms with E-state index in [0.717, 1.165) is 12.1 Å². The summed E-state index contributed by atoms with van der Waals surface area (Å²) in [6, 6.07) is 12.2. The van der Waals surface area contributed by atoms with Crippen molar-refractivity contribution in [2.24, 2.45) is 5.10 Å². The quantitative estimate of drug-likeness (QED) is 0.561. The van der Waals surface area contributed by atoms with E-state index in [1.807, 2.05) is 0 Å². The molecule has 5 nitrogen and oxygen atoms in total. The smallest absolute Gasteiger partial charge is 0.275 e. The lowest BCUT2D eigenvalue weighted by molar-refractivity contribution is 0.0952. The van der Waals surface area contributed by atoms with E-state index in [4.69, 9.17) is 4.42 Å². The Labute approximate surface area is 141 Å². The number of hydrogen-bond donors (Lipinski definition) is 2. The Morgan fingerprint density at radius 2 is 1.92 bits per heavy atom. The number of nitrogens with zero attached hydrogens (tertiary/aromatic N) is 1. The van der Waals surface area contributed by atoms with Crippen LogP contribution in [0.3, 0.4) is 0 Å². The van der Waals surface area contributed by atoms with Gasteiger partial charge in [-0.25, -0.2) is 14.2 Å². The predicted octanol–water partition coefficient (Wildman–Crippen LogP) is 3.69. The minimum absolute atomic E-state index is 0.0770. The number of benzene rings is 2. The predicted molar refractivity (Wildman–Crippen MR) is 87.2 cm³/mol. The topological polar surface area (TPSA) is 74.8 Å². The van der Waals surface area contributed by atoms with Gasteiger partial charge in [0.1, 0.15) is 28.9 Å². The third-order valence-corrected chi connectivity index (χ3v) is 3.33. The number of aromatic hydroxyl groups is 1. The summed E-state index contributed by atoms with van der Waals surface area (Å²) < 4.78 is 32.0. The van der Waals surface area contributed by atoms with Gasteiger partial charge in [0, 0.05) is 6.07 Å². The summed E-state index contributed by atoms with van der Waals surface area (Å²) in [7, 11) is 0. The summed E-state index contributed by atoms with van der Waals surface area (Å²) >= 11 is 0. The van der Waals surface area contributed by atoms with Gasteiger partial charge < -0.3 is 9.52 Å². The highest BCUT2D eigenvalue weighted by atomic mass is 19.1. The summed E-state index contributed by atoms with van der Waals surface area (Å²) in [6.07, 6.45) is 1.23. The average molecular weight is 342 g/mol. The molecule has 0 spiro atoms. The number of carbonyl (C=O) groups excluding carboxylic acids is 1. The maximum Gasteiger partial charge on any atom is 0.275 e. The van der Waals surface area contributed by atoms with E-state index in [1.165, 1.54) is 36.5 Å². The van der Waals surface area contributed by atoms with E-state index in [2.05, 4.69) is 10.5 Å². The molecule has 0 unspecified atom stereocenters. The summed E-state index contributed by atoms with van der Waals surface area (Å²) in [5.41, 5.74) is 2.43. The van der Waals surface area contributed by atoms with Crippen LogP contribution in [0.5, 0.6) is 5.75 Å². The number of rotatable bonds is 4. The van der Waals surface area contributed by atoms with Gasteiger partial charge in [-0.3, -0.25) is 4.79 Å². The van der Waals surface area contributed by atoms with Crippen LogP contribution in [0.1, 0.15) is 16.1 Å². The van der Waals surface area contributed by atoms with Crippen LogP contribution < -0.4 is 5.43 Å². The average Bonchev–Trinajstić information content (AvgIpc) is 3.03. The van der Waals surface area contributed by atoms with Crippen LogP contribution in [0.25, 0.3) is 11.3 Å². The molecular weight excluding hydrogens is 330 g/mol. The molecule has 0 aliphatic heterocycles. The van der Waals surface area contributed by atoms with Crippen LogP contribution in [0.4, 0.5) is 8.78 Å². The van der Waals surface area contributed by atoms with Crippen LogP contribution in [-0.2, 0) is 0 Å². The highest BCUT2D eigenvalue weighted by Crippen LogP contribution is 2.25. The van der Waals surface area contributed by atoms with Gasteiger partial charge in [-0.2, -0.15) is 5.10 Å². The van der Waals surface area contributed by atoms with Crippen LogP contribution in [-0.4, -0.2) is 17.2 Å². The van der Waals surface area contributed by atoms with Gasteiger partial charge in [0.15, 0.2) is 0 Å². The molecule has 2 aromatic carbocycles. The molecule has 0 saturated carbocycles. The molecule has 0 saturated heterocycles. The van der Waals surface area contributed by atoms with Gasteiger partial charge in [0.25, 0.3) is 5.91 Å². The first-order chi connectivity index (χ1) is 12.0. The molecule has 25 heavy (non-hydrogen) atoms. The van der Waals surface area contributed by atoms with E-state index in [-0.39, 0.29) is 28.4 Å². The molecular formula is C18H12F2N2O3. The second-order valence-corrected chi connectivity index (χ2v) is 5.04. The van der Waals surface area contributed by atoms with Gasteiger partial charge in [0.05, 0.1) is 17.3 Å². The van der Waals surface area contributed by atoms with Crippen molar-refractivity contribution in [2.45, 2.75) is 0 Å². The maximum atomic E-state index is 13.7. The Morgan fingerprint density at radius 3 is 2.68 bits per heavy atom. The number of carbonyl (C=O) groups is 1. The van der Waals surface area contributed by atoms with Crippen molar-refractivity contribution in [2.75, 3.05) is 0 Å². The number of phenols is 1. The fourth-order valence-electron chi connectivity index (χ4n) is 2.14. The molecule has 1 aromatic heterocycles. The number of phenolic OH excluding ortho intramolecular Hbond substituents is 1. The number of hydrazone groups is 1. The molecule has 126 valence electrons. The molecule has 7 heteroatoms. The Kier molecular flexibility index (Phi) is 4.56. The molecule has 0 fully saturated rings. The Morgan fingerprint density at radius 1 is 1.12 bits per heavy atom. The second-order valence-electron chi connectivity index (χ2n) is 5.04. The monoisotopic (exact) mass is 342 g/mol. The maximum absolute atomic E-state index is 13.7. The standard InChI is InChI=1S/C18H12F2N2O3/c19-11-5-7-13(15(20)9-11)17-8-6-12(25-17)10-21-22-18(24)14-3-1-2-4-16(14)23/h1-10,23H,(H,22,24)/b21-10+. The lowest BCUT2D eigenvalue weighted by Crippen LogP contribution is -2.17. The Balaban J connectivity index is 1.70. The zero-order valence-corrected chi connectivity index (χ0v) is 12.7. The molecule has 1 amide bonds. The molecule has 3 aromatic rings. The lowest BCUT2D eigenvalue weighted by Gasteiger charge is -2.01. The van der Waals surface area contributed by atoms with Crippen molar-refractivity contribution in [3.63, 3.8) is 0 Å². The van der Waals surface area contributed by atoms with E-state index >= 15 is 0 Å².